The third-order valence-electron chi connectivity index (χ3n) is 0.905. The normalized spacial score (nSPS) is 7.67. The number of rotatable bonds is 1. The molecular weight excluding hydrogens is 189 g/mol. The maximum atomic E-state index is 4.97. The summed E-state index contributed by atoms with van der Waals surface area (Å²) >= 11 is 0. The maximum absolute atomic E-state index is 4.97. The third-order valence-corrected chi connectivity index (χ3v) is 0.905. The molecule has 0 atom stereocenters. The van der Waals surface area contributed by atoms with Gasteiger partial charge >= 0.3 is 0 Å². The average molecular weight is 196 g/mol. The van der Waals surface area contributed by atoms with Crippen molar-refractivity contribution in [1.29, 1.82) is 0 Å². The summed E-state index contributed by atoms with van der Waals surface area (Å²) in [6.45, 7) is 0. The van der Waals surface area contributed by atoms with Crippen LogP contribution < -0.4 is 5.84 Å². The summed E-state index contributed by atoms with van der Waals surface area (Å²) in [7, 11) is 0. The van der Waals surface area contributed by atoms with Gasteiger partial charge in [0.1, 0.15) is 0 Å². The molecule has 45 valence electrons. The summed E-state index contributed by atoms with van der Waals surface area (Å²) in [4.78, 5) is 0. The summed E-state index contributed by atoms with van der Waals surface area (Å²) in [5.41, 5.74) is 4.28. The Hall–Kier alpha value is 0.0839. The molecule has 0 unspecified atom stereocenters. The summed E-state index contributed by atoms with van der Waals surface area (Å²) in [5, 5.41) is 0. The summed E-state index contributed by atoms with van der Waals surface area (Å²) in [6, 6.07) is 9.41. The van der Waals surface area contributed by atoms with Crippen molar-refractivity contribution in [2.45, 2.75) is 0 Å². The van der Waals surface area contributed by atoms with Crippen molar-refractivity contribution in [3.8, 4) is 0 Å². The van der Waals surface area contributed by atoms with Crippen molar-refractivity contribution in [2.24, 2.45) is 5.84 Å². The average Bonchev–Trinajstić information content (AvgIpc) is 1.90. The monoisotopic (exact) mass is 196 g/mol. The first kappa shape index (κ1) is 9.08. The molecule has 0 amide bonds. The molecule has 0 spiro atoms. The molecule has 0 saturated heterocycles. The Bertz CT molecular complexity index is 152. The number of benzene rings is 1. The largest absolute Gasteiger partial charge is 0.625 e. The minimum atomic E-state index is 0. The minimum Gasteiger partial charge on any atom is -0.625 e. The third kappa shape index (κ3) is 2.94. The van der Waals surface area contributed by atoms with Gasteiger partial charge in [0.05, 0.1) is 0 Å². The van der Waals surface area contributed by atoms with Gasteiger partial charge in [-0.15, -0.1) is 5.69 Å². The molecule has 0 aromatic heterocycles. The minimum absolute atomic E-state index is 0. The van der Waals surface area contributed by atoms with E-state index in [-0.39, 0.29) is 32.7 Å². The van der Waals surface area contributed by atoms with Gasteiger partial charge in [-0.25, -0.2) is 0 Å². The predicted octanol–water partition coefficient (Wildman–Crippen LogP) is 1.56. The summed E-state index contributed by atoms with van der Waals surface area (Å²) < 4.78 is 0. The van der Waals surface area contributed by atoms with E-state index in [1.54, 1.807) is 0 Å². The topological polar surface area (TPSA) is 40.1 Å². The zero-order chi connectivity index (χ0) is 5.82. The van der Waals surface area contributed by atoms with Crippen molar-refractivity contribution >= 4 is 5.69 Å². The SMILES string of the molecule is N[N-]c1ccccc1.[Y]. The zero-order valence-electron chi connectivity index (χ0n) is 4.99. The smallest absolute Gasteiger partial charge is 0 e. The van der Waals surface area contributed by atoms with Gasteiger partial charge in [0.25, 0.3) is 0 Å². The van der Waals surface area contributed by atoms with Crippen LogP contribution in [0.5, 0.6) is 0 Å². The fourth-order valence-electron chi connectivity index (χ4n) is 0.514. The molecule has 3 heteroatoms. The Morgan fingerprint density at radius 1 is 1.11 bits per heavy atom. The fourth-order valence-corrected chi connectivity index (χ4v) is 0.514. The predicted molar refractivity (Wildman–Crippen MR) is 33.6 cm³/mol. The van der Waals surface area contributed by atoms with E-state index >= 15 is 0 Å². The van der Waals surface area contributed by atoms with Crippen LogP contribution in [0.1, 0.15) is 0 Å². The second-order valence-corrected chi connectivity index (χ2v) is 1.46. The van der Waals surface area contributed by atoms with E-state index in [0.29, 0.717) is 0 Å². The van der Waals surface area contributed by atoms with Crippen LogP contribution >= 0.6 is 0 Å². The number of hydrogen-bond acceptors (Lipinski definition) is 1. The standard InChI is InChI=1S/C6H7N2.Y/c7-8-6-4-2-1-3-5-6;/h1-5H,7H2;/q-1;. The van der Waals surface area contributed by atoms with Crippen molar-refractivity contribution in [3.05, 3.63) is 35.8 Å². The molecule has 1 aromatic carbocycles. The van der Waals surface area contributed by atoms with E-state index in [4.69, 9.17) is 5.84 Å². The van der Waals surface area contributed by atoms with Gasteiger partial charge in [-0.1, -0.05) is 30.3 Å². The Kier molecular flexibility index (Phi) is 4.96. The quantitative estimate of drug-likeness (QED) is 0.537. The summed E-state index contributed by atoms with van der Waals surface area (Å²) in [6.07, 6.45) is 0. The van der Waals surface area contributed by atoms with Crippen molar-refractivity contribution in [1.82, 2.24) is 0 Å². The molecule has 0 aliphatic rings. The van der Waals surface area contributed by atoms with Gasteiger partial charge in [0.2, 0.25) is 0 Å². The molecular formula is C6H7N2Y-. The molecule has 1 rings (SSSR count). The molecule has 2 nitrogen and oxygen atoms in total. The maximum Gasteiger partial charge on any atom is 0 e. The van der Waals surface area contributed by atoms with E-state index in [1.807, 2.05) is 30.3 Å². The second kappa shape index (κ2) is 4.92. The van der Waals surface area contributed by atoms with Gasteiger partial charge in [0, 0.05) is 32.7 Å². The van der Waals surface area contributed by atoms with Gasteiger partial charge in [-0.3, -0.25) is 0 Å². The van der Waals surface area contributed by atoms with E-state index < -0.39 is 0 Å². The van der Waals surface area contributed by atoms with Crippen LogP contribution in [0.4, 0.5) is 5.69 Å². The van der Waals surface area contributed by atoms with Crippen molar-refractivity contribution < 1.29 is 32.7 Å². The van der Waals surface area contributed by atoms with Crippen LogP contribution in [0, 0.1) is 0 Å². The first-order valence-corrected chi connectivity index (χ1v) is 2.39. The van der Waals surface area contributed by atoms with E-state index in [0.717, 1.165) is 5.69 Å². The molecule has 0 aliphatic heterocycles. The van der Waals surface area contributed by atoms with E-state index in [9.17, 15) is 0 Å². The number of nitrogens with zero attached hydrogens (tertiary/aromatic N) is 1. The molecule has 2 N–H and O–H groups in total. The molecule has 0 fully saturated rings. The molecule has 0 aliphatic carbocycles. The van der Waals surface area contributed by atoms with E-state index in [2.05, 4.69) is 5.43 Å². The van der Waals surface area contributed by atoms with Crippen molar-refractivity contribution in [2.75, 3.05) is 0 Å². The van der Waals surface area contributed by atoms with Crippen LogP contribution in [-0.4, -0.2) is 0 Å². The molecule has 0 saturated carbocycles. The van der Waals surface area contributed by atoms with Gasteiger partial charge in [0.15, 0.2) is 0 Å². The second-order valence-electron chi connectivity index (χ2n) is 1.46. The number of nitrogens with two attached hydrogens (primary N) is 1. The number of hydrogen-bond donors (Lipinski definition) is 1. The van der Waals surface area contributed by atoms with Gasteiger partial charge < -0.3 is 11.3 Å². The van der Waals surface area contributed by atoms with Gasteiger partial charge in [-0.05, 0) is 0 Å². The first-order chi connectivity index (χ1) is 3.93. The zero-order valence-corrected chi connectivity index (χ0v) is 7.83. The molecule has 1 aromatic rings. The van der Waals surface area contributed by atoms with Crippen LogP contribution in [0.15, 0.2) is 30.3 Å². The Morgan fingerprint density at radius 2 is 1.67 bits per heavy atom. The van der Waals surface area contributed by atoms with Crippen LogP contribution in [-0.2, 0) is 32.7 Å². The molecule has 0 heterocycles. The fraction of sp³-hybridized carbons (Fsp3) is 0. The molecule has 9 heavy (non-hydrogen) atoms. The Labute approximate surface area is 79.7 Å². The van der Waals surface area contributed by atoms with Gasteiger partial charge in [-0.2, -0.15) is 0 Å². The van der Waals surface area contributed by atoms with Crippen LogP contribution in [0.2, 0.25) is 0 Å². The summed E-state index contributed by atoms with van der Waals surface area (Å²) in [5.74, 6) is 4.97. The van der Waals surface area contributed by atoms with Crippen LogP contribution in [0.25, 0.3) is 5.43 Å². The van der Waals surface area contributed by atoms with Crippen molar-refractivity contribution in [3.63, 3.8) is 0 Å². The van der Waals surface area contributed by atoms with Crippen LogP contribution in [0.3, 0.4) is 0 Å². The first-order valence-electron chi connectivity index (χ1n) is 2.39. The molecule has 1 radical (unpaired) electrons. The van der Waals surface area contributed by atoms with E-state index in [1.165, 1.54) is 0 Å². The molecule has 0 bridgehead atoms. The Balaban J connectivity index is 0.000000640. The Morgan fingerprint density at radius 3 is 2.00 bits per heavy atom.